The molecule has 0 unspecified atom stereocenters. The van der Waals surface area contributed by atoms with Crippen molar-refractivity contribution in [2.24, 2.45) is 0 Å². The Morgan fingerprint density at radius 2 is 1.79 bits per heavy atom. The van der Waals surface area contributed by atoms with Crippen molar-refractivity contribution in [3.05, 3.63) is 65.7 Å². The molecule has 0 fully saturated rings. The van der Waals surface area contributed by atoms with Gasteiger partial charge in [-0.05, 0) is 43.3 Å². The molecule has 1 amide bonds. The summed E-state index contributed by atoms with van der Waals surface area (Å²) in [5, 5.41) is 2.93. The zero-order valence-electron chi connectivity index (χ0n) is 14.2. The third kappa shape index (κ3) is 5.66. The van der Waals surface area contributed by atoms with E-state index in [1.165, 1.54) is 11.8 Å². The Morgan fingerprint density at radius 3 is 2.38 bits per heavy atom. The molecule has 0 aliphatic heterocycles. The maximum atomic E-state index is 12.6. The Morgan fingerprint density at radius 1 is 1.12 bits per heavy atom. The molecule has 5 heteroatoms. The lowest BCUT2D eigenvalue weighted by Gasteiger charge is -2.12. The highest BCUT2D eigenvalue weighted by atomic mass is 32.2. The summed E-state index contributed by atoms with van der Waals surface area (Å²) in [5.41, 5.74) is 0.738. The molecule has 0 heterocycles. The van der Waals surface area contributed by atoms with Crippen LogP contribution in [0.5, 0.6) is 5.75 Å². The zero-order chi connectivity index (χ0) is 17.4. The molecule has 2 aromatic rings. The summed E-state index contributed by atoms with van der Waals surface area (Å²) in [5.74, 6) is 0.653. The highest BCUT2D eigenvalue weighted by molar-refractivity contribution is 8.04. The number of thioether (sulfide) groups is 1. The molecule has 0 aliphatic carbocycles. The van der Waals surface area contributed by atoms with Gasteiger partial charge >= 0.3 is 0 Å². The van der Waals surface area contributed by atoms with Crippen molar-refractivity contribution in [1.82, 2.24) is 4.90 Å². The Labute approximate surface area is 147 Å². The Hall–Kier alpha value is -2.40. The topological polar surface area (TPSA) is 41.6 Å². The number of hydrogen-bond acceptors (Lipinski definition) is 4. The molecule has 0 spiro atoms. The summed E-state index contributed by atoms with van der Waals surface area (Å²) in [7, 11) is 3.80. The van der Waals surface area contributed by atoms with E-state index in [0.717, 1.165) is 16.3 Å². The number of nitrogens with zero attached hydrogens (tertiary/aromatic N) is 1. The molecule has 0 aliphatic rings. The van der Waals surface area contributed by atoms with Crippen LogP contribution in [0.3, 0.4) is 0 Å². The Kier molecular flexibility index (Phi) is 6.75. The van der Waals surface area contributed by atoms with E-state index in [0.29, 0.717) is 11.5 Å². The van der Waals surface area contributed by atoms with Crippen LogP contribution in [0.4, 0.5) is 5.69 Å². The molecule has 0 atom stereocenters. The monoisotopic (exact) mass is 342 g/mol. The van der Waals surface area contributed by atoms with Gasteiger partial charge in [-0.3, -0.25) is 4.79 Å². The normalized spacial score (nSPS) is 11.0. The SMILES string of the molecule is CCOc1ccc(NC(=O)/C(=C/N(C)C)Sc2ccccc2)cc1. The quantitative estimate of drug-likeness (QED) is 0.604. The minimum Gasteiger partial charge on any atom is -0.494 e. The highest BCUT2D eigenvalue weighted by Crippen LogP contribution is 2.27. The standard InChI is InChI=1S/C19H22N2O2S/c1-4-23-16-12-10-15(11-13-16)20-19(22)18(14-21(2)3)24-17-8-6-5-7-9-17/h5-14H,4H2,1-3H3,(H,20,22)/b18-14-. The van der Waals surface area contributed by atoms with Crippen molar-refractivity contribution in [3.63, 3.8) is 0 Å². The predicted molar refractivity (Wildman–Crippen MR) is 100 cm³/mol. The van der Waals surface area contributed by atoms with E-state index in [9.17, 15) is 4.79 Å². The summed E-state index contributed by atoms with van der Waals surface area (Å²) in [4.78, 5) is 16.1. The zero-order valence-corrected chi connectivity index (χ0v) is 15.0. The number of carbonyl (C=O) groups is 1. The lowest BCUT2D eigenvalue weighted by molar-refractivity contribution is -0.112. The van der Waals surface area contributed by atoms with Gasteiger partial charge in [0, 0.05) is 30.9 Å². The summed E-state index contributed by atoms with van der Waals surface area (Å²) >= 11 is 1.44. The van der Waals surface area contributed by atoms with Crippen molar-refractivity contribution in [2.45, 2.75) is 11.8 Å². The summed E-state index contributed by atoms with van der Waals surface area (Å²) < 4.78 is 5.41. The maximum Gasteiger partial charge on any atom is 0.263 e. The smallest absolute Gasteiger partial charge is 0.263 e. The maximum absolute atomic E-state index is 12.6. The van der Waals surface area contributed by atoms with Crippen LogP contribution < -0.4 is 10.1 Å². The second-order valence-electron chi connectivity index (χ2n) is 5.28. The Bertz CT molecular complexity index is 682. The molecular weight excluding hydrogens is 320 g/mol. The van der Waals surface area contributed by atoms with Crippen LogP contribution in [0.15, 0.2) is 70.6 Å². The molecule has 0 radical (unpaired) electrons. The van der Waals surface area contributed by atoms with Gasteiger partial charge in [-0.15, -0.1) is 0 Å². The molecule has 2 aromatic carbocycles. The first-order valence-corrected chi connectivity index (χ1v) is 8.55. The first-order chi connectivity index (χ1) is 11.6. The fourth-order valence-corrected chi connectivity index (χ4v) is 2.93. The van der Waals surface area contributed by atoms with Crippen LogP contribution in [0.25, 0.3) is 0 Å². The third-order valence-electron chi connectivity index (χ3n) is 2.99. The number of anilines is 1. The first-order valence-electron chi connectivity index (χ1n) is 7.74. The second-order valence-corrected chi connectivity index (χ2v) is 6.40. The van der Waals surface area contributed by atoms with Crippen molar-refractivity contribution in [2.75, 3.05) is 26.0 Å². The molecule has 4 nitrogen and oxygen atoms in total. The average Bonchev–Trinajstić information content (AvgIpc) is 2.57. The summed E-state index contributed by atoms with van der Waals surface area (Å²) in [6.45, 7) is 2.56. The van der Waals surface area contributed by atoms with Crippen molar-refractivity contribution >= 4 is 23.4 Å². The van der Waals surface area contributed by atoms with Crippen LogP contribution >= 0.6 is 11.8 Å². The van der Waals surface area contributed by atoms with E-state index in [1.54, 1.807) is 0 Å². The summed E-state index contributed by atoms with van der Waals surface area (Å²) in [6.07, 6.45) is 1.82. The number of carbonyl (C=O) groups excluding carboxylic acids is 1. The molecule has 0 saturated heterocycles. The van der Waals surface area contributed by atoms with E-state index >= 15 is 0 Å². The molecule has 126 valence electrons. The molecule has 2 rings (SSSR count). The van der Waals surface area contributed by atoms with E-state index in [-0.39, 0.29) is 5.91 Å². The van der Waals surface area contributed by atoms with Crippen LogP contribution in [0, 0.1) is 0 Å². The fourth-order valence-electron chi connectivity index (χ4n) is 1.98. The third-order valence-corrected chi connectivity index (χ3v) is 4.01. The van der Waals surface area contributed by atoms with E-state index in [2.05, 4.69) is 5.32 Å². The average molecular weight is 342 g/mol. The lowest BCUT2D eigenvalue weighted by Crippen LogP contribution is -2.15. The number of hydrogen-bond donors (Lipinski definition) is 1. The van der Waals surface area contributed by atoms with E-state index < -0.39 is 0 Å². The number of ether oxygens (including phenoxy) is 1. The molecule has 1 N–H and O–H groups in total. The number of benzene rings is 2. The predicted octanol–water partition coefficient (Wildman–Crippen LogP) is 4.22. The molecule has 0 aromatic heterocycles. The van der Waals surface area contributed by atoms with Gasteiger partial charge in [-0.25, -0.2) is 0 Å². The van der Waals surface area contributed by atoms with E-state index in [1.807, 2.05) is 86.7 Å². The van der Waals surface area contributed by atoms with Gasteiger partial charge < -0.3 is 15.0 Å². The Balaban J connectivity index is 2.10. The van der Waals surface area contributed by atoms with Crippen LogP contribution in [-0.4, -0.2) is 31.5 Å². The fraction of sp³-hybridized carbons (Fsp3) is 0.211. The van der Waals surface area contributed by atoms with Gasteiger partial charge in [0.2, 0.25) is 0 Å². The van der Waals surface area contributed by atoms with Crippen LogP contribution in [0.1, 0.15) is 6.92 Å². The van der Waals surface area contributed by atoms with Gasteiger partial charge in [-0.1, -0.05) is 30.0 Å². The van der Waals surface area contributed by atoms with Gasteiger partial charge in [0.05, 0.1) is 11.5 Å². The molecule has 24 heavy (non-hydrogen) atoms. The van der Waals surface area contributed by atoms with Crippen molar-refractivity contribution < 1.29 is 9.53 Å². The van der Waals surface area contributed by atoms with E-state index in [4.69, 9.17) is 4.74 Å². The number of rotatable bonds is 7. The van der Waals surface area contributed by atoms with Crippen LogP contribution in [0.2, 0.25) is 0 Å². The molecular formula is C19H22N2O2S. The lowest BCUT2D eigenvalue weighted by atomic mass is 10.3. The van der Waals surface area contributed by atoms with Crippen molar-refractivity contribution in [1.29, 1.82) is 0 Å². The van der Waals surface area contributed by atoms with Crippen LogP contribution in [-0.2, 0) is 4.79 Å². The minimum atomic E-state index is -0.137. The molecule has 0 saturated carbocycles. The minimum absolute atomic E-state index is 0.137. The van der Waals surface area contributed by atoms with Gasteiger partial charge in [0.1, 0.15) is 5.75 Å². The molecule has 0 bridgehead atoms. The van der Waals surface area contributed by atoms with Crippen molar-refractivity contribution in [3.8, 4) is 5.75 Å². The number of amides is 1. The van der Waals surface area contributed by atoms with Gasteiger partial charge in [0.15, 0.2) is 0 Å². The second kappa shape index (κ2) is 9.03. The highest BCUT2D eigenvalue weighted by Gasteiger charge is 2.12. The van der Waals surface area contributed by atoms with Gasteiger partial charge in [0.25, 0.3) is 5.91 Å². The van der Waals surface area contributed by atoms with Gasteiger partial charge in [-0.2, -0.15) is 0 Å². The first kappa shape index (κ1) is 17.9. The largest absolute Gasteiger partial charge is 0.494 e. The summed E-state index contributed by atoms with van der Waals surface area (Å²) in [6, 6.07) is 17.2. The number of nitrogens with one attached hydrogen (secondary N) is 1.